The summed E-state index contributed by atoms with van der Waals surface area (Å²) in [5, 5.41) is 0.843. The highest BCUT2D eigenvalue weighted by molar-refractivity contribution is 5.99. The molecule has 6 rings (SSSR count). The van der Waals surface area contributed by atoms with Gasteiger partial charge in [0.05, 0.1) is 35.5 Å². The average molecular weight is 496 g/mol. The fraction of sp³-hybridized carbons (Fsp3) is 0.346. The van der Waals surface area contributed by atoms with Crippen molar-refractivity contribution in [2.24, 2.45) is 0 Å². The Kier molecular flexibility index (Phi) is 5.18. The Bertz CT molecular complexity index is 1510. The molecule has 4 aromatic rings. The molecular weight excluding hydrogens is 471 g/mol. The summed E-state index contributed by atoms with van der Waals surface area (Å²) in [6.07, 6.45) is 0.472. The smallest absolute Gasteiger partial charge is 0.383 e. The molecule has 0 aliphatic carbocycles. The third-order valence-electron chi connectivity index (χ3n) is 7.20. The molecule has 0 unspecified atom stereocenters. The molecule has 0 bridgehead atoms. The van der Waals surface area contributed by atoms with E-state index >= 15 is 0 Å². The van der Waals surface area contributed by atoms with Crippen LogP contribution in [0, 0.1) is 0 Å². The molecule has 1 aromatic carbocycles. The van der Waals surface area contributed by atoms with Crippen molar-refractivity contribution >= 4 is 28.3 Å². The lowest BCUT2D eigenvalue weighted by atomic mass is 9.97. The number of likely N-dealkylation sites (tertiary alicyclic amines) is 1. The fourth-order valence-electron chi connectivity index (χ4n) is 5.39. The van der Waals surface area contributed by atoms with Gasteiger partial charge in [-0.05, 0) is 62.1 Å². The van der Waals surface area contributed by atoms with Crippen LogP contribution in [-0.2, 0) is 17.5 Å². The van der Waals surface area contributed by atoms with Crippen LogP contribution < -0.4 is 5.73 Å². The number of nitrogens with two attached hydrogens (primary N) is 1. The maximum Gasteiger partial charge on any atom is 0.417 e. The number of hydrogen-bond acceptors (Lipinski definition) is 5. The SMILES string of the molecule is C[C@H]1OCc2c1c(N)nc1ccc(C(=O)N3CCCC[C@@H]3c3cn4cc(C(F)(F)F)ccc4n3)cc21. The van der Waals surface area contributed by atoms with Gasteiger partial charge in [-0.1, -0.05) is 0 Å². The van der Waals surface area contributed by atoms with Gasteiger partial charge in [-0.3, -0.25) is 4.79 Å². The standard InChI is InChI=1S/C26H24F3N5O2/c1-14-23-18(13-36-14)17-10-15(5-7-19(17)32-24(23)30)25(35)34-9-3-2-4-21(34)20-12-33-11-16(26(27,28)29)6-8-22(33)31-20/h5-8,10-12,14,21H,2-4,9,13H2,1H3,(H2,30,32)/t14-,21-/m1/s1. The van der Waals surface area contributed by atoms with Crippen LogP contribution in [0.2, 0.25) is 0 Å². The highest BCUT2D eigenvalue weighted by atomic mass is 19.4. The van der Waals surface area contributed by atoms with E-state index in [1.165, 1.54) is 10.5 Å². The minimum atomic E-state index is -4.44. The number of amides is 1. The lowest BCUT2D eigenvalue weighted by molar-refractivity contribution is -0.137. The van der Waals surface area contributed by atoms with Gasteiger partial charge in [0, 0.05) is 35.5 Å². The molecule has 2 N–H and O–H groups in total. The summed E-state index contributed by atoms with van der Waals surface area (Å²) in [4.78, 5) is 24.6. The predicted octanol–water partition coefficient (Wildman–Crippen LogP) is 5.44. The summed E-state index contributed by atoms with van der Waals surface area (Å²) in [5.74, 6) is 0.297. The van der Waals surface area contributed by atoms with Crippen LogP contribution in [0.25, 0.3) is 16.6 Å². The largest absolute Gasteiger partial charge is 0.417 e. The number of imidazole rings is 1. The summed E-state index contributed by atoms with van der Waals surface area (Å²) in [6.45, 7) is 2.88. The summed E-state index contributed by atoms with van der Waals surface area (Å²) < 4.78 is 46.6. The van der Waals surface area contributed by atoms with Crippen molar-refractivity contribution in [1.82, 2.24) is 19.3 Å². The zero-order chi connectivity index (χ0) is 25.2. The zero-order valence-electron chi connectivity index (χ0n) is 19.5. The molecule has 0 radical (unpaired) electrons. The number of nitrogens with zero attached hydrogens (tertiary/aromatic N) is 4. The molecular formula is C26H24F3N5O2. The number of carbonyl (C=O) groups is 1. The van der Waals surface area contributed by atoms with Gasteiger partial charge >= 0.3 is 6.18 Å². The van der Waals surface area contributed by atoms with Crippen molar-refractivity contribution in [1.29, 1.82) is 0 Å². The Morgan fingerprint density at radius 2 is 1.97 bits per heavy atom. The Balaban J connectivity index is 1.36. The third-order valence-corrected chi connectivity index (χ3v) is 7.20. The summed E-state index contributed by atoms with van der Waals surface area (Å²) >= 11 is 0. The van der Waals surface area contributed by atoms with E-state index < -0.39 is 11.7 Å². The van der Waals surface area contributed by atoms with Crippen LogP contribution in [0.3, 0.4) is 0 Å². The second-order valence-electron chi connectivity index (χ2n) is 9.43. The molecule has 2 aliphatic heterocycles. The van der Waals surface area contributed by atoms with E-state index in [1.807, 2.05) is 13.0 Å². The molecule has 2 aliphatic rings. The number of benzene rings is 1. The zero-order valence-corrected chi connectivity index (χ0v) is 19.5. The lowest BCUT2D eigenvalue weighted by Crippen LogP contribution is -2.38. The van der Waals surface area contributed by atoms with Gasteiger partial charge in [-0.2, -0.15) is 13.2 Å². The van der Waals surface area contributed by atoms with Gasteiger partial charge in [-0.25, -0.2) is 9.97 Å². The van der Waals surface area contributed by atoms with Crippen molar-refractivity contribution in [2.75, 3.05) is 12.3 Å². The van der Waals surface area contributed by atoms with E-state index in [-0.39, 0.29) is 18.1 Å². The lowest BCUT2D eigenvalue weighted by Gasteiger charge is -2.35. The van der Waals surface area contributed by atoms with Crippen molar-refractivity contribution < 1.29 is 22.7 Å². The number of fused-ring (bicyclic) bond motifs is 4. The molecule has 2 atom stereocenters. The van der Waals surface area contributed by atoms with Crippen molar-refractivity contribution in [3.8, 4) is 0 Å². The summed E-state index contributed by atoms with van der Waals surface area (Å²) in [6, 6.07) is 7.44. The molecule has 0 saturated carbocycles. The fourth-order valence-corrected chi connectivity index (χ4v) is 5.39. The Morgan fingerprint density at radius 3 is 2.78 bits per heavy atom. The van der Waals surface area contributed by atoms with E-state index in [0.717, 1.165) is 41.6 Å². The maximum atomic E-state index is 13.7. The number of piperidine rings is 1. The van der Waals surface area contributed by atoms with E-state index in [4.69, 9.17) is 10.5 Å². The molecule has 7 nitrogen and oxygen atoms in total. The van der Waals surface area contributed by atoms with Crippen LogP contribution in [0.15, 0.2) is 42.7 Å². The topological polar surface area (TPSA) is 85.8 Å². The van der Waals surface area contributed by atoms with Gasteiger partial charge in [0.1, 0.15) is 11.5 Å². The number of anilines is 1. The minimum absolute atomic E-state index is 0.146. The van der Waals surface area contributed by atoms with Crippen LogP contribution in [-0.4, -0.2) is 31.7 Å². The molecule has 0 spiro atoms. The number of aromatic nitrogens is 3. The number of carbonyl (C=O) groups excluding carboxylic acids is 1. The molecule has 10 heteroatoms. The Hall–Kier alpha value is -3.66. The normalized spacial score (nSPS) is 20.3. The molecule has 3 aromatic heterocycles. The highest BCUT2D eigenvalue weighted by Crippen LogP contribution is 2.39. The Labute approximate surface area is 204 Å². The predicted molar refractivity (Wildman–Crippen MR) is 127 cm³/mol. The van der Waals surface area contributed by atoms with Crippen LogP contribution in [0.5, 0.6) is 0 Å². The van der Waals surface area contributed by atoms with Gasteiger partial charge < -0.3 is 19.8 Å². The second kappa shape index (κ2) is 8.19. The molecule has 186 valence electrons. The number of halogens is 3. The monoisotopic (exact) mass is 495 g/mol. The first-order valence-corrected chi connectivity index (χ1v) is 11.9. The van der Waals surface area contributed by atoms with Gasteiger partial charge in [0.2, 0.25) is 0 Å². The minimum Gasteiger partial charge on any atom is -0.383 e. The molecule has 1 fully saturated rings. The maximum absolute atomic E-state index is 13.7. The first-order valence-electron chi connectivity index (χ1n) is 11.9. The van der Waals surface area contributed by atoms with E-state index in [2.05, 4.69) is 9.97 Å². The average Bonchev–Trinajstić information content (AvgIpc) is 3.46. The van der Waals surface area contributed by atoms with Gasteiger partial charge in [0.15, 0.2) is 0 Å². The number of ether oxygens (including phenoxy) is 1. The number of nitrogen functional groups attached to an aromatic ring is 1. The number of hydrogen-bond donors (Lipinski definition) is 1. The number of alkyl halides is 3. The van der Waals surface area contributed by atoms with E-state index in [1.54, 1.807) is 23.2 Å². The highest BCUT2D eigenvalue weighted by Gasteiger charge is 2.33. The van der Waals surface area contributed by atoms with Crippen LogP contribution in [0.1, 0.15) is 71.1 Å². The number of rotatable bonds is 2. The van der Waals surface area contributed by atoms with Crippen LogP contribution >= 0.6 is 0 Å². The number of pyridine rings is 2. The Morgan fingerprint density at radius 1 is 1.14 bits per heavy atom. The third kappa shape index (κ3) is 3.67. The van der Waals surface area contributed by atoms with Gasteiger partial charge in [0.25, 0.3) is 5.91 Å². The molecule has 5 heterocycles. The van der Waals surface area contributed by atoms with Crippen molar-refractivity contribution in [3.63, 3.8) is 0 Å². The summed E-state index contributed by atoms with van der Waals surface area (Å²) in [7, 11) is 0. The quantitative estimate of drug-likeness (QED) is 0.400. The summed E-state index contributed by atoms with van der Waals surface area (Å²) in [5.41, 5.74) is 9.45. The first-order chi connectivity index (χ1) is 17.2. The van der Waals surface area contributed by atoms with Crippen molar-refractivity contribution in [3.05, 3.63) is 70.7 Å². The van der Waals surface area contributed by atoms with E-state index in [9.17, 15) is 18.0 Å². The molecule has 1 amide bonds. The van der Waals surface area contributed by atoms with E-state index in [0.29, 0.717) is 47.8 Å². The van der Waals surface area contributed by atoms with Crippen LogP contribution in [0.4, 0.5) is 19.0 Å². The first kappa shape index (κ1) is 22.8. The van der Waals surface area contributed by atoms with Gasteiger partial charge in [-0.15, -0.1) is 0 Å². The molecule has 1 saturated heterocycles. The van der Waals surface area contributed by atoms with Crippen molar-refractivity contribution in [2.45, 2.75) is 51.1 Å². The molecule has 36 heavy (non-hydrogen) atoms. The second-order valence-corrected chi connectivity index (χ2v) is 9.43.